The van der Waals surface area contributed by atoms with Crippen molar-refractivity contribution in [1.82, 2.24) is 15.0 Å². The van der Waals surface area contributed by atoms with Crippen molar-refractivity contribution in [2.45, 2.75) is 61.0 Å². The van der Waals surface area contributed by atoms with E-state index in [1.807, 2.05) is 29.2 Å². The van der Waals surface area contributed by atoms with Crippen LogP contribution in [0.4, 0.5) is 11.6 Å². The fourth-order valence-electron chi connectivity index (χ4n) is 3.71. The van der Waals surface area contributed by atoms with Gasteiger partial charge in [-0.1, -0.05) is 25.3 Å². The molecule has 144 valence electrons. The van der Waals surface area contributed by atoms with E-state index >= 15 is 0 Å². The van der Waals surface area contributed by atoms with Gasteiger partial charge in [0, 0.05) is 45.9 Å². The molecule has 0 spiro atoms. The van der Waals surface area contributed by atoms with Crippen molar-refractivity contribution >= 4 is 34.7 Å². The number of benzene rings is 1. The second-order valence-electron chi connectivity index (χ2n) is 7.62. The Labute approximate surface area is 174 Å². The smallest absolute Gasteiger partial charge is 0.227 e. The molecule has 5 rings (SSSR count). The Morgan fingerprint density at radius 3 is 2.57 bits per heavy atom. The van der Waals surface area contributed by atoms with Crippen LogP contribution < -0.4 is 5.32 Å². The summed E-state index contributed by atoms with van der Waals surface area (Å²) in [6, 6.07) is 8.43. The van der Waals surface area contributed by atoms with Crippen LogP contribution in [-0.2, 0) is 0 Å². The lowest BCUT2D eigenvalue weighted by atomic mass is 9.90. The number of hydrogen-bond donors (Lipinski definition) is 1. The zero-order valence-electron chi connectivity index (χ0n) is 15.8. The second-order valence-corrected chi connectivity index (χ2v) is 10.0. The van der Waals surface area contributed by atoms with Crippen molar-refractivity contribution in [2.24, 2.45) is 0 Å². The highest BCUT2D eigenvalue weighted by atomic mass is 32.2. The molecule has 0 saturated heterocycles. The number of aromatic nitrogens is 3. The Morgan fingerprint density at radius 2 is 1.79 bits per heavy atom. The first-order valence-electron chi connectivity index (χ1n) is 10.2. The Hall–Kier alpha value is -1.92. The molecule has 2 saturated carbocycles. The molecule has 0 radical (unpaired) electrons. The number of thioether (sulfide) groups is 1. The Morgan fingerprint density at radius 1 is 0.964 bits per heavy atom. The molecule has 2 aliphatic rings. The summed E-state index contributed by atoms with van der Waals surface area (Å²) in [4.78, 5) is 16.0. The molecular weight excluding hydrogens is 384 g/mol. The van der Waals surface area contributed by atoms with E-state index in [2.05, 4.69) is 39.7 Å². The summed E-state index contributed by atoms with van der Waals surface area (Å²) in [7, 11) is 0. The van der Waals surface area contributed by atoms with E-state index in [-0.39, 0.29) is 0 Å². The maximum absolute atomic E-state index is 4.82. The van der Waals surface area contributed by atoms with Crippen LogP contribution in [0, 0.1) is 0 Å². The average molecular weight is 409 g/mol. The van der Waals surface area contributed by atoms with Gasteiger partial charge in [-0.3, -0.25) is 0 Å². The maximum atomic E-state index is 4.82. The van der Waals surface area contributed by atoms with Crippen molar-refractivity contribution in [3.63, 3.8) is 0 Å². The SMILES string of the molecule is c1cnc(Nc2ccc(-c3cnc(C4CCCCC4)s3)c(SC3CC3)c2)nc1. The van der Waals surface area contributed by atoms with Crippen molar-refractivity contribution in [3.8, 4) is 10.4 Å². The topological polar surface area (TPSA) is 50.7 Å². The van der Waals surface area contributed by atoms with Gasteiger partial charge in [0.25, 0.3) is 0 Å². The third kappa shape index (κ3) is 4.23. The van der Waals surface area contributed by atoms with E-state index in [9.17, 15) is 0 Å². The summed E-state index contributed by atoms with van der Waals surface area (Å²) in [5, 5.41) is 5.41. The lowest BCUT2D eigenvalue weighted by Crippen LogP contribution is -2.03. The van der Waals surface area contributed by atoms with E-state index in [0.29, 0.717) is 11.9 Å². The third-order valence-electron chi connectivity index (χ3n) is 5.36. The maximum Gasteiger partial charge on any atom is 0.227 e. The Bertz CT molecular complexity index is 931. The first kappa shape index (κ1) is 18.1. The van der Waals surface area contributed by atoms with Crippen LogP contribution in [0.3, 0.4) is 0 Å². The van der Waals surface area contributed by atoms with Crippen LogP contribution in [0.15, 0.2) is 47.8 Å². The van der Waals surface area contributed by atoms with Gasteiger partial charge >= 0.3 is 0 Å². The molecule has 2 heterocycles. The van der Waals surface area contributed by atoms with Crippen LogP contribution in [0.5, 0.6) is 0 Å². The van der Waals surface area contributed by atoms with Gasteiger partial charge in [-0.25, -0.2) is 15.0 Å². The summed E-state index contributed by atoms with van der Waals surface area (Å²) in [5.41, 5.74) is 2.35. The number of nitrogens with zero attached hydrogens (tertiary/aromatic N) is 3. The molecule has 0 unspecified atom stereocenters. The highest BCUT2D eigenvalue weighted by Crippen LogP contribution is 2.46. The van der Waals surface area contributed by atoms with E-state index in [4.69, 9.17) is 4.98 Å². The van der Waals surface area contributed by atoms with E-state index in [0.717, 1.165) is 10.9 Å². The third-order valence-corrected chi connectivity index (χ3v) is 7.95. The molecule has 0 atom stereocenters. The first-order chi connectivity index (χ1) is 13.8. The van der Waals surface area contributed by atoms with Gasteiger partial charge in [0.05, 0.1) is 9.88 Å². The standard InChI is InChI=1S/C22H24N4S2/c1-2-5-15(6-3-1)21-25-14-20(28-21)18-10-7-16(13-19(18)27-17-8-9-17)26-22-23-11-4-12-24-22/h4,7,10-15,17H,1-3,5-6,8-9H2,(H,23,24,26). The summed E-state index contributed by atoms with van der Waals surface area (Å²) in [6.07, 6.45) is 14.9. The minimum Gasteiger partial charge on any atom is -0.324 e. The largest absolute Gasteiger partial charge is 0.324 e. The van der Waals surface area contributed by atoms with Crippen LogP contribution in [0.25, 0.3) is 10.4 Å². The molecule has 2 aromatic heterocycles. The van der Waals surface area contributed by atoms with Gasteiger partial charge in [0.1, 0.15) is 0 Å². The Balaban J connectivity index is 1.42. The minimum atomic E-state index is 0.634. The second kappa shape index (κ2) is 8.21. The van der Waals surface area contributed by atoms with E-state index < -0.39 is 0 Å². The van der Waals surface area contributed by atoms with Gasteiger partial charge in [0.15, 0.2) is 0 Å². The normalized spacial score (nSPS) is 17.6. The van der Waals surface area contributed by atoms with Crippen molar-refractivity contribution in [1.29, 1.82) is 0 Å². The predicted octanol–water partition coefficient (Wildman–Crippen LogP) is 6.65. The molecule has 1 aromatic carbocycles. The summed E-state index contributed by atoms with van der Waals surface area (Å²) in [5.74, 6) is 1.30. The lowest BCUT2D eigenvalue weighted by molar-refractivity contribution is 0.442. The molecule has 0 amide bonds. The van der Waals surface area contributed by atoms with Gasteiger partial charge in [-0.15, -0.1) is 23.1 Å². The number of anilines is 2. The van der Waals surface area contributed by atoms with Gasteiger partial charge in [-0.05, 0) is 43.9 Å². The van der Waals surface area contributed by atoms with Crippen LogP contribution in [-0.4, -0.2) is 20.2 Å². The Kier molecular flexibility index (Phi) is 5.32. The molecule has 2 fully saturated rings. The molecule has 1 N–H and O–H groups in total. The molecule has 0 bridgehead atoms. The van der Waals surface area contributed by atoms with Crippen molar-refractivity contribution in [2.75, 3.05) is 5.32 Å². The van der Waals surface area contributed by atoms with Crippen molar-refractivity contribution in [3.05, 3.63) is 47.9 Å². The minimum absolute atomic E-state index is 0.634. The summed E-state index contributed by atoms with van der Waals surface area (Å²) in [6.45, 7) is 0. The number of nitrogens with one attached hydrogen (secondary N) is 1. The van der Waals surface area contributed by atoms with Gasteiger partial charge < -0.3 is 5.32 Å². The molecular formula is C22H24N4S2. The molecule has 2 aliphatic carbocycles. The lowest BCUT2D eigenvalue weighted by Gasteiger charge is -2.18. The fourth-order valence-corrected chi connectivity index (χ4v) is 6.13. The monoisotopic (exact) mass is 408 g/mol. The quantitative estimate of drug-likeness (QED) is 0.495. The van der Waals surface area contributed by atoms with E-state index in [1.54, 1.807) is 12.4 Å². The molecule has 0 aliphatic heterocycles. The molecule has 28 heavy (non-hydrogen) atoms. The molecule has 3 aromatic rings. The fraction of sp³-hybridized carbons (Fsp3) is 0.409. The number of rotatable bonds is 6. The van der Waals surface area contributed by atoms with Crippen LogP contribution in [0.1, 0.15) is 55.9 Å². The number of thiazole rings is 1. The van der Waals surface area contributed by atoms with Crippen molar-refractivity contribution < 1.29 is 0 Å². The van der Waals surface area contributed by atoms with Crippen LogP contribution >= 0.6 is 23.1 Å². The first-order valence-corrected chi connectivity index (χ1v) is 11.9. The van der Waals surface area contributed by atoms with Gasteiger partial charge in [-0.2, -0.15) is 0 Å². The average Bonchev–Trinajstić information content (AvgIpc) is 3.42. The summed E-state index contributed by atoms with van der Waals surface area (Å²) >= 11 is 3.89. The zero-order chi connectivity index (χ0) is 18.8. The van der Waals surface area contributed by atoms with Gasteiger partial charge in [0.2, 0.25) is 5.95 Å². The highest BCUT2D eigenvalue weighted by Gasteiger charge is 2.25. The summed E-state index contributed by atoms with van der Waals surface area (Å²) < 4.78 is 0. The predicted molar refractivity (Wildman–Crippen MR) is 118 cm³/mol. The number of hydrogen-bond acceptors (Lipinski definition) is 6. The highest BCUT2D eigenvalue weighted by molar-refractivity contribution is 8.00. The van der Waals surface area contributed by atoms with Crippen LogP contribution in [0.2, 0.25) is 0 Å². The zero-order valence-corrected chi connectivity index (χ0v) is 17.4. The molecule has 6 heteroatoms. The van der Waals surface area contributed by atoms with E-state index in [1.165, 1.54) is 65.3 Å². The molecule has 4 nitrogen and oxygen atoms in total.